The van der Waals surface area contributed by atoms with E-state index in [4.69, 9.17) is 0 Å². The van der Waals surface area contributed by atoms with E-state index >= 15 is 0 Å². The number of hydrogen-bond acceptors (Lipinski definition) is 4. The maximum Gasteiger partial charge on any atom is 0.269 e. The number of hydrogen-bond donors (Lipinski definition) is 0. The zero-order chi connectivity index (χ0) is 25.6. The Morgan fingerprint density at radius 2 is 0.816 bits per heavy atom. The van der Waals surface area contributed by atoms with Gasteiger partial charge in [-0.2, -0.15) is 0 Å². The van der Waals surface area contributed by atoms with Crippen LogP contribution >= 0.6 is 0 Å². The molecule has 0 saturated carbocycles. The largest absolute Gasteiger partial charge is 0.269 e. The lowest BCUT2D eigenvalue weighted by Gasteiger charge is -2.20. The zero-order valence-corrected chi connectivity index (χ0v) is 21.2. The molecule has 8 heteroatoms. The highest BCUT2D eigenvalue weighted by molar-refractivity contribution is 7.91. The van der Waals surface area contributed by atoms with E-state index < -0.39 is 20.0 Å². The number of fused-ring (bicyclic) bond motifs is 11. The summed E-state index contributed by atoms with van der Waals surface area (Å²) in [4.78, 5) is 0.525. The van der Waals surface area contributed by atoms with Crippen LogP contribution in [0.2, 0.25) is 0 Å². The van der Waals surface area contributed by atoms with Crippen molar-refractivity contribution in [2.24, 2.45) is 0 Å². The van der Waals surface area contributed by atoms with Gasteiger partial charge in [0.1, 0.15) is 0 Å². The normalized spacial score (nSPS) is 16.2. The summed E-state index contributed by atoms with van der Waals surface area (Å²) >= 11 is 0. The molecule has 7 aromatic rings. The predicted molar refractivity (Wildman–Crippen MR) is 148 cm³/mol. The number of rotatable bonds is 0. The van der Waals surface area contributed by atoms with Crippen molar-refractivity contribution < 1.29 is 16.8 Å². The molecule has 6 nitrogen and oxygen atoms in total. The molecule has 0 atom stereocenters. The first-order chi connectivity index (χ1) is 18.4. The summed E-state index contributed by atoms with van der Waals surface area (Å²) in [6.07, 6.45) is 0. The van der Waals surface area contributed by atoms with Gasteiger partial charge in [-0.1, -0.05) is 72.8 Å². The lowest BCUT2D eigenvalue weighted by molar-refractivity contribution is 0.588. The Bertz CT molecular complexity index is 2310. The smallest absolute Gasteiger partial charge is 0.233 e. The molecule has 2 aromatic heterocycles. The van der Waals surface area contributed by atoms with Gasteiger partial charge in [-0.3, -0.25) is 0 Å². The fourth-order valence-electron chi connectivity index (χ4n) is 6.59. The summed E-state index contributed by atoms with van der Waals surface area (Å²) in [5.74, 6) is 0. The lowest BCUT2D eigenvalue weighted by Crippen LogP contribution is -2.18. The van der Waals surface area contributed by atoms with Gasteiger partial charge in [0.15, 0.2) is 0 Å². The van der Waals surface area contributed by atoms with Crippen LogP contribution in [0.1, 0.15) is 0 Å². The van der Waals surface area contributed by atoms with Gasteiger partial charge in [0.25, 0.3) is 20.0 Å². The SMILES string of the molecule is O=S1(=O)c2ccccc2-c2cccc3c4c5c6cccc7c6n(c5ccc4n1c23)S(=O)(=O)c1ccccc1-7. The molecule has 4 heterocycles. The second-order valence-corrected chi connectivity index (χ2v) is 13.3. The van der Waals surface area contributed by atoms with Crippen molar-refractivity contribution in [3.63, 3.8) is 0 Å². The maximum atomic E-state index is 14.0. The molecule has 0 spiro atoms. The van der Waals surface area contributed by atoms with Gasteiger partial charge in [-0.25, -0.2) is 24.8 Å². The first-order valence-electron chi connectivity index (χ1n) is 12.1. The highest BCUT2D eigenvalue weighted by atomic mass is 32.2. The van der Waals surface area contributed by atoms with Crippen LogP contribution in [0.5, 0.6) is 0 Å². The zero-order valence-electron chi connectivity index (χ0n) is 19.6. The lowest BCUT2D eigenvalue weighted by atomic mass is 9.99. The average molecular weight is 533 g/mol. The molecule has 0 bridgehead atoms. The summed E-state index contributed by atoms with van der Waals surface area (Å²) in [6, 6.07) is 29.2. The minimum atomic E-state index is -3.88. The van der Waals surface area contributed by atoms with Crippen molar-refractivity contribution in [3.05, 3.63) is 97.1 Å². The Hall–Kier alpha value is -4.40. The van der Waals surface area contributed by atoms with Crippen molar-refractivity contribution in [2.75, 3.05) is 0 Å². The molecule has 0 radical (unpaired) electrons. The number of aromatic nitrogens is 2. The molecule has 0 amide bonds. The van der Waals surface area contributed by atoms with Crippen LogP contribution in [-0.4, -0.2) is 24.8 Å². The van der Waals surface area contributed by atoms with Gasteiger partial charge >= 0.3 is 0 Å². The van der Waals surface area contributed by atoms with Gasteiger partial charge < -0.3 is 0 Å². The predicted octanol–water partition coefficient (Wildman–Crippen LogP) is 6.34. The molecule has 0 fully saturated rings. The summed E-state index contributed by atoms with van der Waals surface area (Å²) in [5, 5.41) is 3.02. The van der Waals surface area contributed by atoms with E-state index in [9.17, 15) is 16.8 Å². The third kappa shape index (κ3) is 2.10. The number of benzene rings is 5. The molecule has 0 saturated heterocycles. The van der Waals surface area contributed by atoms with Crippen LogP contribution in [0.15, 0.2) is 107 Å². The van der Waals surface area contributed by atoms with E-state index in [0.717, 1.165) is 32.7 Å². The van der Waals surface area contributed by atoms with E-state index in [-0.39, 0.29) is 9.79 Å². The Balaban J connectivity index is 1.58. The minimum absolute atomic E-state index is 0.262. The molecule has 38 heavy (non-hydrogen) atoms. The average Bonchev–Trinajstić information content (AvgIpc) is 3.46. The molecule has 0 unspecified atom stereocenters. The second-order valence-electron chi connectivity index (χ2n) is 9.79. The third-order valence-corrected chi connectivity index (χ3v) is 11.6. The van der Waals surface area contributed by atoms with Crippen LogP contribution in [0, 0.1) is 0 Å². The molecule has 182 valence electrons. The van der Waals surface area contributed by atoms with Crippen LogP contribution in [0.4, 0.5) is 0 Å². The van der Waals surface area contributed by atoms with E-state index in [2.05, 4.69) is 0 Å². The van der Waals surface area contributed by atoms with Crippen molar-refractivity contribution in [1.82, 2.24) is 7.94 Å². The van der Waals surface area contributed by atoms with E-state index in [1.54, 1.807) is 36.4 Å². The standard InChI is InChI=1S/C30H16N2O4S2/c33-37(34)25-13-3-1-7-17(25)19-9-5-11-21-27-23(31(37)29(19)21)15-16-24-28(27)22-12-6-10-20-18-8-2-4-14-26(18)38(35,36)32(24)30(20)22/h1-16H. The Labute approximate surface area is 217 Å². The molecule has 2 aliphatic rings. The molecular weight excluding hydrogens is 516 g/mol. The third-order valence-electron chi connectivity index (χ3n) is 8.01. The maximum absolute atomic E-state index is 14.0. The van der Waals surface area contributed by atoms with Gasteiger partial charge in [0.05, 0.1) is 31.9 Å². The van der Waals surface area contributed by atoms with Crippen LogP contribution in [0.25, 0.3) is 65.9 Å². The minimum Gasteiger partial charge on any atom is -0.233 e. The fourth-order valence-corrected chi connectivity index (χ4v) is 10.1. The van der Waals surface area contributed by atoms with Crippen molar-refractivity contribution >= 4 is 63.7 Å². The summed E-state index contributed by atoms with van der Waals surface area (Å²) in [5.41, 5.74) is 5.33. The summed E-state index contributed by atoms with van der Waals surface area (Å²) < 4.78 is 58.9. The Kier molecular flexibility index (Phi) is 3.45. The Morgan fingerprint density at radius 3 is 1.26 bits per heavy atom. The molecule has 9 rings (SSSR count). The monoisotopic (exact) mass is 532 g/mol. The molecule has 0 N–H and O–H groups in total. The van der Waals surface area contributed by atoms with E-state index in [1.165, 1.54) is 7.94 Å². The van der Waals surface area contributed by atoms with Crippen LogP contribution in [0.3, 0.4) is 0 Å². The first kappa shape index (κ1) is 20.6. The van der Waals surface area contributed by atoms with Crippen LogP contribution in [-0.2, 0) is 20.0 Å². The van der Waals surface area contributed by atoms with Gasteiger partial charge in [0.2, 0.25) is 0 Å². The summed E-state index contributed by atoms with van der Waals surface area (Å²) in [6.45, 7) is 0. The van der Waals surface area contributed by atoms with E-state index in [0.29, 0.717) is 33.2 Å². The highest BCUT2D eigenvalue weighted by Gasteiger charge is 2.36. The van der Waals surface area contributed by atoms with Crippen molar-refractivity contribution in [1.29, 1.82) is 0 Å². The molecular formula is C30H16N2O4S2. The van der Waals surface area contributed by atoms with Crippen LogP contribution < -0.4 is 0 Å². The van der Waals surface area contributed by atoms with Gasteiger partial charge in [0, 0.05) is 43.8 Å². The first-order valence-corrected chi connectivity index (χ1v) is 15.0. The van der Waals surface area contributed by atoms with Crippen molar-refractivity contribution in [2.45, 2.75) is 9.79 Å². The fraction of sp³-hybridized carbons (Fsp3) is 0. The second kappa shape index (κ2) is 6.35. The highest BCUT2D eigenvalue weighted by Crippen LogP contribution is 2.50. The van der Waals surface area contributed by atoms with Gasteiger partial charge in [-0.15, -0.1) is 0 Å². The van der Waals surface area contributed by atoms with E-state index in [1.807, 2.05) is 60.7 Å². The topological polar surface area (TPSA) is 78.1 Å². The Morgan fingerprint density at radius 1 is 0.421 bits per heavy atom. The van der Waals surface area contributed by atoms with Crippen molar-refractivity contribution in [3.8, 4) is 22.3 Å². The molecule has 5 aromatic carbocycles. The number of nitrogens with zero attached hydrogens (tertiary/aromatic N) is 2. The molecule has 2 aliphatic heterocycles. The summed E-state index contributed by atoms with van der Waals surface area (Å²) in [7, 11) is -7.76. The number of para-hydroxylation sites is 2. The van der Waals surface area contributed by atoms with Gasteiger partial charge in [-0.05, 0) is 24.3 Å². The quantitative estimate of drug-likeness (QED) is 0.228. The molecule has 0 aliphatic carbocycles.